The van der Waals surface area contributed by atoms with Gasteiger partial charge in [-0.05, 0) is 12.1 Å². The third kappa shape index (κ3) is 1.00. The van der Waals surface area contributed by atoms with Gasteiger partial charge in [-0.2, -0.15) is 0 Å². The van der Waals surface area contributed by atoms with Gasteiger partial charge in [0, 0.05) is 29.4 Å². The van der Waals surface area contributed by atoms with Crippen LogP contribution in [0.2, 0.25) is 0 Å². The molecule has 0 aromatic carbocycles. The number of nitrogens with zero attached hydrogens (tertiary/aromatic N) is 2. The van der Waals surface area contributed by atoms with Crippen LogP contribution >= 0.6 is 0 Å². The van der Waals surface area contributed by atoms with Gasteiger partial charge in [0.05, 0.1) is 0 Å². The fourth-order valence-electron chi connectivity index (χ4n) is 0.996. The molecule has 2 heterocycles. The maximum atomic E-state index is 5.48. The highest BCUT2D eigenvalue weighted by atomic mass is 14.8. The standard InChI is InChI=1S/C8H7N3/c9-8-3-7-4-10-2-1-6(7)5-11-8/h1-5H,(H2,9,11). The second-order valence-electron chi connectivity index (χ2n) is 2.33. The summed E-state index contributed by atoms with van der Waals surface area (Å²) < 4.78 is 0. The Labute approximate surface area is 63.9 Å². The zero-order chi connectivity index (χ0) is 7.68. The largest absolute Gasteiger partial charge is 0.384 e. The summed E-state index contributed by atoms with van der Waals surface area (Å²) >= 11 is 0. The van der Waals surface area contributed by atoms with Gasteiger partial charge in [-0.15, -0.1) is 0 Å². The molecule has 2 aromatic rings. The second-order valence-corrected chi connectivity index (χ2v) is 2.33. The normalized spacial score (nSPS) is 10.2. The van der Waals surface area contributed by atoms with Crippen LogP contribution in [0.1, 0.15) is 0 Å². The van der Waals surface area contributed by atoms with Crippen molar-refractivity contribution in [1.29, 1.82) is 0 Å². The molecule has 0 saturated heterocycles. The summed E-state index contributed by atoms with van der Waals surface area (Å²) in [5.74, 6) is 0.533. The summed E-state index contributed by atoms with van der Waals surface area (Å²) in [6.45, 7) is 0. The number of fused-ring (bicyclic) bond motifs is 1. The van der Waals surface area contributed by atoms with E-state index in [1.807, 2.05) is 12.1 Å². The minimum atomic E-state index is 0.533. The van der Waals surface area contributed by atoms with E-state index in [0.29, 0.717) is 5.82 Å². The monoisotopic (exact) mass is 145 g/mol. The van der Waals surface area contributed by atoms with E-state index in [-0.39, 0.29) is 0 Å². The van der Waals surface area contributed by atoms with Crippen molar-refractivity contribution >= 4 is 16.6 Å². The summed E-state index contributed by atoms with van der Waals surface area (Å²) in [5.41, 5.74) is 5.48. The van der Waals surface area contributed by atoms with Crippen LogP contribution in [0.15, 0.2) is 30.7 Å². The Morgan fingerprint density at radius 3 is 3.00 bits per heavy atom. The highest BCUT2D eigenvalue weighted by molar-refractivity contribution is 5.82. The molecule has 0 atom stereocenters. The van der Waals surface area contributed by atoms with Crippen molar-refractivity contribution in [1.82, 2.24) is 9.97 Å². The fourth-order valence-corrected chi connectivity index (χ4v) is 0.996. The molecule has 0 aliphatic rings. The van der Waals surface area contributed by atoms with Crippen molar-refractivity contribution in [3.05, 3.63) is 30.7 Å². The van der Waals surface area contributed by atoms with Crippen LogP contribution in [0.3, 0.4) is 0 Å². The molecule has 2 rings (SSSR count). The third-order valence-corrected chi connectivity index (χ3v) is 1.54. The van der Waals surface area contributed by atoms with E-state index in [9.17, 15) is 0 Å². The molecule has 2 aromatic heterocycles. The summed E-state index contributed by atoms with van der Waals surface area (Å²) in [4.78, 5) is 7.93. The average Bonchev–Trinajstić information content (AvgIpc) is 2.04. The molecule has 3 nitrogen and oxygen atoms in total. The SMILES string of the molecule is Nc1cc2cnccc2cn1. The highest BCUT2D eigenvalue weighted by Crippen LogP contribution is 2.11. The Morgan fingerprint density at radius 2 is 2.09 bits per heavy atom. The Bertz CT molecular complexity index is 384. The van der Waals surface area contributed by atoms with Gasteiger partial charge in [0.25, 0.3) is 0 Å². The smallest absolute Gasteiger partial charge is 0.123 e. The van der Waals surface area contributed by atoms with Crippen molar-refractivity contribution in [2.75, 3.05) is 5.73 Å². The molecule has 0 spiro atoms. The first-order valence-electron chi connectivity index (χ1n) is 3.31. The zero-order valence-electron chi connectivity index (χ0n) is 5.86. The molecule has 0 saturated carbocycles. The molecule has 0 fully saturated rings. The van der Waals surface area contributed by atoms with Crippen LogP contribution in [-0.4, -0.2) is 9.97 Å². The molecule has 2 N–H and O–H groups in total. The van der Waals surface area contributed by atoms with Gasteiger partial charge in [0.2, 0.25) is 0 Å². The Morgan fingerprint density at radius 1 is 1.18 bits per heavy atom. The van der Waals surface area contributed by atoms with Crippen molar-refractivity contribution < 1.29 is 0 Å². The van der Waals surface area contributed by atoms with Crippen molar-refractivity contribution in [3.63, 3.8) is 0 Å². The number of hydrogen-bond donors (Lipinski definition) is 1. The first kappa shape index (κ1) is 6.09. The lowest BCUT2D eigenvalue weighted by atomic mass is 10.2. The van der Waals surface area contributed by atoms with Gasteiger partial charge >= 0.3 is 0 Å². The molecule has 0 radical (unpaired) electrons. The molecule has 0 aliphatic carbocycles. The van der Waals surface area contributed by atoms with E-state index in [4.69, 9.17) is 5.73 Å². The molecule has 0 unspecified atom stereocenters. The first-order chi connectivity index (χ1) is 5.36. The van der Waals surface area contributed by atoms with Crippen LogP contribution in [0.25, 0.3) is 10.8 Å². The molecular weight excluding hydrogens is 138 g/mol. The first-order valence-corrected chi connectivity index (χ1v) is 3.31. The van der Waals surface area contributed by atoms with Crippen LogP contribution in [-0.2, 0) is 0 Å². The number of anilines is 1. The number of aromatic nitrogens is 2. The quantitative estimate of drug-likeness (QED) is 0.606. The molecule has 11 heavy (non-hydrogen) atoms. The number of nitrogen functional groups attached to an aromatic ring is 1. The Balaban J connectivity index is 2.83. The second kappa shape index (κ2) is 2.20. The van der Waals surface area contributed by atoms with Crippen LogP contribution < -0.4 is 5.73 Å². The summed E-state index contributed by atoms with van der Waals surface area (Å²) in [6, 6.07) is 3.71. The van der Waals surface area contributed by atoms with Gasteiger partial charge in [0.1, 0.15) is 5.82 Å². The van der Waals surface area contributed by atoms with Crippen LogP contribution in [0, 0.1) is 0 Å². The molecule has 54 valence electrons. The van der Waals surface area contributed by atoms with Gasteiger partial charge in [-0.25, -0.2) is 4.98 Å². The predicted octanol–water partition coefficient (Wildman–Crippen LogP) is 1.21. The predicted molar refractivity (Wildman–Crippen MR) is 44.0 cm³/mol. The minimum Gasteiger partial charge on any atom is -0.384 e. The third-order valence-electron chi connectivity index (χ3n) is 1.54. The van der Waals surface area contributed by atoms with Gasteiger partial charge in [-0.1, -0.05) is 0 Å². The van der Waals surface area contributed by atoms with Gasteiger partial charge in [-0.3, -0.25) is 4.98 Å². The number of hydrogen-bond acceptors (Lipinski definition) is 3. The summed E-state index contributed by atoms with van der Waals surface area (Å²) in [6.07, 6.45) is 5.25. The van der Waals surface area contributed by atoms with Crippen LogP contribution in [0.4, 0.5) is 5.82 Å². The average molecular weight is 145 g/mol. The molecule has 0 bridgehead atoms. The lowest BCUT2D eigenvalue weighted by Crippen LogP contribution is -1.88. The number of pyridine rings is 2. The van der Waals surface area contributed by atoms with E-state index >= 15 is 0 Å². The number of rotatable bonds is 0. The lowest BCUT2D eigenvalue weighted by Gasteiger charge is -1.95. The summed E-state index contributed by atoms with van der Waals surface area (Å²) in [7, 11) is 0. The van der Waals surface area contributed by atoms with E-state index in [2.05, 4.69) is 9.97 Å². The van der Waals surface area contributed by atoms with E-state index < -0.39 is 0 Å². The lowest BCUT2D eigenvalue weighted by molar-refractivity contribution is 1.33. The Hall–Kier alpha value is -1.64. The molecule has 3 heteroatoms. The van der Waals surface area contributed by atoms with Crippen molar-refractivity contribution in [2.24, 2.45) is 0 Å². The topological polar surface area (TPSA) is 51.8 Å². The van der Waals surface area contributed by atoms with E-state index in [0.717, 1.165) is 10.8 Å². The molecular formula is C8H7N3. The van der Waals surface area contributed by atoms with Crippen molar-refractivity contribution in [2.45, 2.75) is 0 Å². The number of nitrogens with two attached hydrogens (primary N) is 1. The Kier molecular flexibility index (Phi) is 1.22. The zero-order valence-corrected chi connectivity index (χ0v) is 5.86. The van der Waals surface area contributed by atoms with Gasteiger partial charge in [0.15, 0.2) is 0 Å². The molecule has 0 amide bonds. The summed E-state index contributed by atoms with van der Waals surface area (Å²) in [5, 5.41) is 2.09. The van der Waals surface area contributed by atoms with E-state index in [1.54, 1.807) is 18.6 Å². The van der Waals surface area contributed by atoms with E-state index in [1.165, 1.54) is 0 Å². The van der Waals surface area contributed by atoms with Crippen molar-refractivity contribution in [3.8, 4) is 0 Å². The fraction of sp³-hybridized carbons (Fsp3) is 0. The van der Waals surface area contributed by atoms with Crippen LogP contribution in [0.5, 0.6) is 0 Å². The van der Waals surface area contributed by atoms with Gasteiger partial charge < -0.3 is 5.73 Å². The molecule has 0 aliphatic heterocycles. The minimum absolute atomic E-state index is 0.533. The highest BCUT2D eigenvalue weighted by Gasteiger charge is 1.91. The maximum absolute atomic E-state index is 5.48. The maximum Gasteiger partial charge on any atom is 0.123 e.